The van der Waals surface area contributed by atoms with Crippen LogP contribution in [-0.4, -0.2) is 46.8 Å². The summed E-state index contributed by atoms with van der Waals surface area (Å²) < 4.78 is 0. The van der Waals surface area contributed by atoms with Crippen LogP contribution in [0.5, 0.6) is 0 Å². The third-order valence-corrected chi connectivity index (χ3v) is 2.06. The molecule has 0 bridgehead atoms. The fraction of sp³-hybridized carbons (Fsp3) is 0.857. The predicted molar refractivity (Wildman–Crippen MR) is 38.8 cm³/mol. The van der Waals surface area contributed by atoms with Crippen molar-refractivity contribution in [3.8, 4) is 0 Å². The zero-order valence-electron chi connectivity index (χ0n) is 6.53. The SMILES string of the molecule is CC1CN(C(=O)CO)CC1O. The molecule has 0 saturated carbocycles. The van der Waals surface area contributed by atoms with E-state index in [-0.39, 0.29) is 11.8 Å². The maximum atomic E-state index is 10.9. The van der Waals surface area contributed by atoms with Crippen LogP contribution in [0.25, 0.3) is 0 Å². The van der Waals surface area contributed by atoms with E-state index < -0.39 is 12.7 Å². The molecule has 0 radical (unpaired) electrons. The quantitative estimate of drug-likeness (QED) is 0.506. The number of hydrogen-bond donors (Lipinski definition) is 2. The van der Waals surface area contributed by atoms with Crippen molar-refractivity contribution >= 4 is 5.91 Å². The van der Waals surface area contributed by atoms with Gasteiger partial charge in [-0.3, -0.25) is 4.79 Å². The average molecular weight is 159 g/mol. The van der Waals surface area contributed by atoms with Crippen LogP contribution in [0.15, 0.2) is 0 Å². The number of likely N-dealkylation sites (tertiary alicyclic amines) is 1. The van der Waals surface area contributed by atoms with Gasteiger partial charge in [0, 0.05) is 19.0 Å². The summed E-state index contributed by atoms with van der Waals surface area (Å²) in [5, 5.41) is 17.7. The molecule has 11 heavy (non-hydrogen) atoms. The first-order valence-corrected chi connectivity index (χ1v) is 3.72. The Morgan fingerprint density at radius 3 is 2.64 bits per heavy atom. The fourth-order valence-electron chi connectivity index (χ4n) is 1.25. The summed E-state index contributed by atoms with van der Waals surface area (Å²) in [6.07, 6.45) is -0.425. The second-order valence-electron chi connectivity index (χ2n) is 3.00. The number of amides is 1. The second kappa shape index (κ2) is 3.19. The molecule has 0 spiro atoms. The van der Waals surface area contributed by atoms with Gasteiger partial charge in [0.05, 0.1) is 6.10 Å². The van der Waals surface area contributed by atoms with Gasteiger partial charge < -0.3 is 15.1 Å². The van der Waals surface area contributed by atoms with Crippen LogP contribution in [0.1, 0.15) is 6.92 Å². The molecule has 1 aliphatic heterocycles. The Hall–Kier alpha value is -0.610. The van der Waals surface area contributed by atoms with Crippen molar-refractivity contribution < 1.29 is 15.0 Å². The lowest BCUT2D eigenvalue weighted by Gasteiger charge is -2.12. The molecule has 1 heterocycles. The van der Waals surface area contributed by atoms with Gasteiger partial charge in [0.2, 0.25) is 5.91 Å². The molecule has 1 fully saturated rings. The van der Waals surface area contributed by atoms with E-state index in [2.05, 4.69) is 0 Å². The average Bonchev–Trinajstić information content (AvgIpc) is 2.31. The highest BCUT2D eigenvalue weighted by atomic mass is 16.3. The van der Waals surface area contributed by atoms with E-state index in [1.165, 1.54) is 4.90 Å². The normalized spacial score (nSPS) is 31.0. The maximum absolute atomic E-state index is 10.9. The van der Waals surface area contributed by atoms with Crippen molar-refractivity contribution in [3.05, 3.63) is 0 Å². The summed E-state index contributed by atoms with van der Waals surface area (Å²) in [5.74, 6) is -0.168. The summed E-state index contributed by atoms with van der Waals surface area (Å²) in [7, 11) is 0. The summed E-state index contributed by atoms with van der Waals surface area (Å²) in [6.45, 7) is 2.34. The molecule has 64 valence electrons. The minimum atomic E-state index is -0.459. The van der Waals surface area contributed by atoms with Crippen LogP contribution < -0.4 is 0 Å². The molecule has 0 aromatic heterocycles. The van der Waals surface area contributed by atoms with Crippen LogP contribution in [0.2, 0.25) is 0 Å². The molecule has 1 saturated heterocycles. The third-order valence-electron chi connectivity index (χ3n) is 2.06. The van der Waals surface area contributed by atoms with Crippen LogP contribution in [0.4, 0.5) is 0 Å². The van der Waals surface area contributed by atoms with E-state index >= 15 is 0 Å². The fourth-order valence-corrected chi connectivity index (χ4v) is 1.25. The molecule has 0 aromatic carbocycles. The highest BCUT2D eigenvalue weighted by Gasteiger charge is 2.30. The van der Waals surface area contributed by atoms with Crippen LogP contribution in [0, 0.1) is 5.92 Å². The molecule has 2 N–H and O–H groups in total. The number of aliphatic hydroxyl groups excluding tert-OH is 2. The molecular weight excluding hydrogens is 146 g/mol. The zero-order valence-corrected chi connectivity index (χ0v) is 6.53. The Bertz CT molecular complexity index is 150. The van der Waals surface area contributed by atoms with Gasteiger partial charge in [-0.05, 0) is 0 Å². The molecule has 1 aliphatic rings. The molecular formula is C7H13NO3. The number of nitrogens with zero attached hydrogens (tertiary/aromatic N) is 1. The number of carbonyl (C=O) groups is 1. The molecule has 0 aliphatic carbocycles. The summed E-state index contributed by atoms with van der Waals surface area (Å²) in [5.41, 5.74) is 0. The highest BCUT2D eigenvalue weighted by Crippen LogP contribution is 2.15. The Morgan fingerprint density at radius 2 is 2.27 bits per heavy atom. The first kappa shape index (κ1) is 8.49. The third kappa shape index (κ3) is 1.70. The first-order chi connectivity index (χ1) is 5.15. The van der Waals surface area contributed by atoms with Crippen LogP contribution >= 0.6 is 0 Å². The van der Waals surface area contributed by atoms with E-state index in [0.29, 0.717) is 13.1 Å². The van der Waals surface area contributed by atoms with Gasteiger partial charge in [0.1, 0.15) is 6.61 Å². The molecule has 1 rings (SSSR count). The van der Waals surface area contributed by atoms with Crippen LogP contribution in [-0.2, 0) is 4.79 Å². The van der Waals surface area contributed by atoms with Gasteiger partial charge in [0.15, 0.2) is 0 Å². The van der Waals surface area contributed by atoms with Crippen molar-refractivity contribution in [3.63, 3.8) is 0 Å². The van der Waals surface area contributed by atoms with E-state index in [0.717, 1.165) is 0 Å². The largest absolute Gasteiger partial charge is 0.391 e. The lowest BCUT2D eigenvalue weighted by molar-refractivity contribution is -0.133. The lowest BCUT2D eigenvalue weighted by atomic mass is 10.1. The molecule has 4 nitrogen and oxygen atoms in total. The standard InChI is InChI=1S/C7H13NO3/c1-5-2-8(3-6(5)10)7(11)4-9/h5-6,9-10H,2-4H2,1H3. The van der Waals surface area contributed by atoms with Gasteiger partial charge in [-0.2, -0.15) is 0 Å². The van der Waals surface area contributed by atoms with Gasteiger partial charge in [-0.25, -0.2) is 0 Å². The Labute approximate surface area is 65.4 Å². The smallest absolute Gasteiger partial charge is 0.248 e. The van der Waals surface area contributed by atoms with E-state index in [1.807, 2.05) is 6.92 Å². The highest BCUT2D eigenvalue weighted by molar-refractivity contribution is 5.77. The number of hydrogen-bond acceptors (Lipinski definition) is 3. The van der Waals surface area contributed by atoms with Gasteiger partial charge in [-0.1, -0.05) is 6.92 Å². The van der Waals surface area contributed by atoms with Crippen molar-refractivity contribution in [1.82, 2.24) is 4.90 Å². The van der Waals surface area contributed by atoms with Crippen molar-refractivity contribution in [1.29, 1.82) is 0 Å². The minimum Gasteiger partial charge on any atom is -0.391 e. The van der Waals surface area contributed by atoms with Gasteiger partial charge in [0.25, 0.3) is 0 Å². The second-order valence-corrected chi connectivity index (χ2v) is 3.00. The number of aliphatic hydroxyl groups is 2. The maximum Gasteiger partial charge on any atom is 0.248 e. The van der Waals surface area contributed by atoms with E-state index in [9.17, 15) is 9.90 Å². The predicted octanol–water partition coefficient (Wildman–Crippen LogP) is -1.18. The minimum absolute atomic E-state index is 0.130. The topological polar surface area (TPSA) is 60.8 Å². The number of carbonyl (C=O) groups excluding carboxylic acids is 1. The molecule has 4 heteroatoms. The number of rotatable bonds is 1. The lowest BCUT2D eigenvalue weighted by Crippen LogP contribution is -2.31. The summed E-state index contributed by atoms with van der Waals surface area (Å²) >= 11 is 0. The Kier molecular flexibility index (Phi) is 2.46. The van der Waals surface area contributed by atoms with Crippen molar-refractivity contribution in [2.24, 2.45) is 5.92 Å². The molecule has 2 unspecified atom stereocenters. The van der Waals surface area contributed by atoms with Gasteiger partial charge >= 0.3 is 0 Å². The summed E-state index contributed by atoms with van der Waals surface area (Å²) in [6, 6.07) is 0. The molecule has 0 aromatic rings. The summed E-state index contributed by atoms with van der Waals surface area (Å²) in [4.78, 5) is 12.4. The van der Waals surface area contributed by atoms with Gasteiger partial charge in [-0.15, -0.1) is 0 Å². The molecule has 1 amide bonds. The Morgan fingerprint density at radius 1 is 1.64 bits per heavy atom. The van der Waals surface area contributed by atoms with Crippen LogP contribution in [0.3, 0.4) is 0 Å². The van der Waals surface area contributed by atoms with Crippen molar-refractivity contribution in [2.45, 2.75) is 13.0 Å². The Balaban J connectivity index is 2.46. The first-order valence-electron chi connectivity index (χ1n) is 3.72. The van der Waals surface area contributed by atoms with E-state index in [4.69, 9.17) is 5.11 Å². The zero-order chi connectivity index (χ0) is 8.43. The van der Waals surface area contributed by atoms with E-state index in [1.54, 1.807) is 0 Å². The number of β-amino-alcohol motifs (C(OH)–C–C–N with tert-alkyl or cyclic N) is 1. The monoisotopic (exact) mass is 159 g/mol. The van der Waals surface area contributed by atoms with Crippen molar-refractivity contribution in [2.75, 3.05) is 19.7 Å². The molecule has 2 atom stereocenters.